The van der Waals surface area contributed by atoms with E-state index < -0.39 is 6.17 Å². The number of fused-ring (bicyclic) bond motifs is 1. The molecule has 2 N–H and O–H groups in total. The molecular weight excluding hydrogens is 330 g/mol. The van der Waals surface area contributed by atoms with Crippen LogP contribution in [0, 0.1) is 0 Å². The van der Waals surface area contributed by atoms with Crippen LogP contribution in [-0.2, 0) is 0 Å². The summed E-state index contributed by atoms with van der Waals surface area (Å²) >= 11 is 0. The number of methoxy groups -OCH3 is 2. The molecule has 0 saturated carbocycles. The molecule has 6 nitrogen and oxygen atoms in total. The number of nitrogens with zero attached hydrogens (tertiary/aromatic N) is 2. The van der Waals surface area contributed by atoms with Crippen molar-refractivity contribution in [3.05, 3.63) is 72.0 Å². The number of aliphatic imine (C=N–C) groups is 1. The standard InChI is InChI=1S/C20H19N3O3/c1-24-14-9-7-13(8-10-14)23-18(21)16-11-12-26-20(16)22-19(23)15-5-3-4-6-17(15)25-2/h3-12,18H,21H2,1-2H3. The molecule has 0 aliphatic carbocycles. The van der Waals surface area contributed by atoms with Crippen LogP contribution >= 0.6 is 0 Å². The largest absolute Gasteiger partial charge is 0.497 e. The first kappa shape index (κ1) is 16.2. The topological polar surface area (TPSA) is 73.2 Å². The van der Waals surface area contributed by atoms with E-state index in [1.165, 1.54) is 0 Å². The summed E-state index contributed by atoms with van der Waals surface area (Å²) < 4.78 is 16.3. The van der Waals surface area contributed by atoms with E-state index in [4.69, 9.17) is 24.6 Å². The monoisotopic (exact) mass is 349 g/mol. The maximum Gasteiger partial charge on any atom is 0.227 e. The van der Waals surface area contributed by atoms with Crippen LogP contribution in [0.2, 0.25) is 0 Å². The molecule has 2 aromatic carbocycles. The van der Waals surface area contributed by atoms with Crippen LogP contribution in [0.25, 0.3) is 0 Å². The van der Waals surface area contributed by atoms with Gasteiger partial charge in [0.05, 0.1) is 31.6 Å². The van der Waals surface area contributed by atoms with Gasteiger partial charge in [0.25, 0.3) is 0 Å². The minimum absolute atomic E-state index is 0.436. The Morgan fingerprint density at radius 2 is 1.77 bits per heavy atom. The smallest absolute Gasteiger partial charge is 0.227 e. The van der Waals surface area contributed by atoms with Crippen LogP contribution in [-0.4, -0.2) is 20.1 Å². The average Bonchev–Trinajstić information content (AvgIpc) is 3.17. The second-order valence-electron chi connectivity index (χ2n) is 5.83. The molecule has 0 spiro atoms. The van der Waals surface area contributed by atoms with Crippen LogP contribution in [0.3, 0.4) is 0 Å². The van der Waals surface area contributed by atoms with Crippen LogP contribution < -0.4 is 20.1 Å². The number of rotatable bonds is 4. The lowest BCUT2D eigenvalue weighted by atomic mass is 10.1. The second-order valence-corrected chi connectivity index (χ2v) is 5.83. The molecule has 2 heterocycles. The van der Waals surface area contributed by atoms with Gasteiger partial charge < -0.3 is 24.5 Å². The molecule has 6 heteroatoms. The first-order valence-electron chi connectivity index (χ1n) is 8.21. The fourth-order valence-electron chi connectivity index (χ4n) is 3.09. The summed E-state index contributed by atoms with van der Waals surface area (Å²) in [6.45, 7) is 0. The maximum absolute atomic E-state index is 6.57. The van der Waals surface area contributed by atoms with E-state index in [1.807, 2.05) is 59.5 Å². The number of ether oxygens (including phenoxy) is 2. The van der Waals surface area contributed by atoms with Gasteiger partial charge in [-0.05, 0) is 42.5 Å². The zero-order valence-electron chi connectivity index (χ0n) is 14.5. The van der Waals surface area contributed by atoms with E-state index >= 15 is 0 Å². The lowest BCUT2D eigenvalue weighted by Gasteiger charge is -2.34. The van der Waals surface area contributed by atoms with E-state index in [-0.39, 0.29) is 0 Å². The minimum atomic E-state index is -0.436. The zero-order valence-corrected chi connectivity index (χ0v) is 14.5. The fraction of sp³-hybridized carbons (Fsp3) is 0.150. The second kappa shape index (κ2) is 6.57. The van der Waals surface area contributed by atoms with Gasteiger partial charge in [0, 0.05) is 5.69 Å². The first-order valence-corrected chi connectivity index (χ1v) is 8.21. The molecule has 3 aromatic rings. The van der Waals surface area contributed by atoms with Crippen molar-refractivity contribution in [2.45, 2.75) is 6.17 Å². The van der Waals surface area contributed by atoms with Gasteiger partial charge in [-0.2, -0.15) is 4.99 Å². The predicted molar refractivity (Wildman–Crippen MR) is 100 cm³/mol. The summed E-state index contributed by atoms with van der Waals surface area (Å²) in [7, 11) is 3.28. The van der Waals surface area contributed by atoms with Gasteiger partial charge in [0.2, 0.25) is 5.88 Å². The van der Waals surface area contributed by atoms with Gasteiger partial charge in [-0.25, -0.2) is 0 Å². The summed E-state index contributed by atoms with van der Waals surface area (Å²) in [5.41, 5.74) is 9.14. The molecule has 1 aliphatic rings. The van der Waals surface area contributed by atoms with Gasteiger partial charge >= 0.3 is 0 Å². The van der Waals surface area contributed by atoms with Gasteiger partial charge in [-0.15, -0.1) is 0 Å². The molecule has 1 aromatic heterocycles. The third-order valence-corrected chi connectivity index (χ3v) is 4.41. The van der Waals surface area contributed by atoms with Crippen LogP contribution in [0.5, 0.6) is 11.5 Å². The summed E-state index contributed by atoms with van der Waals surface area (Å²) in [5, 5.41) is 0. The Hall–Kier alpha value is -3.25. The third kappa shape index (κ3) is 2.60. The Labute approximate surface area is 151 Å². The van der Waals surface area contributed by atoms with Crippen molar-refractivity contribution >= 4 is 17.4 Å². The molecule has 0 amide bonds. The molecule has 0 saturated heterocycles. The van der Waals surface area contributed by atoms with E-state index in [1.54, 1.807) is 20.5 Å². The molecule has 0 bridgehead atoms. The predicted octanol–water partition coefficient (Wildman–Crippen LogP) is 3.85. The van der Waals surface area contributed by atoms with E-state index in [2.05, 4.69) is 0 Å². The van der Waals surface area contributed by atoms with E-state index in [0.29, 0.717) is 17.5 Å². The number of hydrogen-bond donors (Lipinski definition) is 1. The summed E-state index contributed by atoms with van der Waals surface area (Å²) in [6, 6.07) is 17.3. The Bertz CT molecular complexity index is 947. The molecular formula is C20H19N3O3. The van der Waals surface area contributed by atoms with Crippen molar-refractivity contribution in [3.63, 3.8) is 0 Å². The summed E-state index contributed by atoms with van der Waals surface area (Å²) in [4.78, 5) is 6.69. The Balaban J connectivity index is 1.89. The maximum atomic E-state index is 6.57. The summed E-state index contributed by atoms with van der Waals surface area (Å²) in [6.07, 6.45) is 1.17. The normalized spacial score (nSPS) is 16.0. The number of anilines is 1. The lowest BCUT2D eigenvalue weighted by Crippen LogP contribution is -2.42. The van der Waals surface area contributed by atoms with E-state index in [9.17, 15) is 0 Å². The van der Waals surface area contributed by atoms with Crippen molar-refractivity contribution in [1.82, 2.24) is 0 Å². The van der Waals surface area contributed by atoms with Crippen LogP contribution in [0.1, 0.15) is 17.3 Å². The average molecular weight is 349 g/mol. The third-order valence-electron chi connectivity index (χ3n) is 4.41. The first-order chi connectivity index (χ1) is 12.7. The highest BCUT2D eigenvalue weighted by atomic mass is 16.5. The van der Waals surface area contributed by atoms with Gasteiger partial charge in [0.1, 0.15) is 23.5 Å². The molecule has 1 unspecified atom stereocenters. The number of nitrogens with two attached hydrogens (primary N) is 1. The highest BCUT2D eigenvalue weighted by Crippen LogP contribution is 2.39. The Morgan fingerprint density at radius 1 is 1.00 bits per heavy atom. The highest BCUT2D eigenvalue weighted by molar-refractivity contribution is 6.13. The van der Waals surface area contributed by atoms with Gasteiger partial charge in [0.15, 0.2) is 0 Å². The minimum Gasteiger partial charge on any atom is -0.497 e. The van der Waals surface area contributed by atoms with Crippen molar-refractivity contribution < 1.29 is 13.9 Å². The Kier molecular flexibility index (Phi) is 4.10. The number of para-hydroxylation sites is 1. The fourth-order valence-corrected chi connectivity index (χ4v) is 3.09. The van der Waals surface area contributed by atoms with Crippen molar-refractivity contribution in [1.29, 1.82) is 0 Å². The molecule has 132 valence electrons. The SMILES string of the molecule is COc1ccc(N2C(c3ccccc3OC)=Nc3occc3C2N)cc1. The van der Waals surface area contributed by atoms with Gasteiger partial charge in [-0.1, -0.05) is 12.1 Å². The summed E-state index contributed by atoms with van der Waals surface area (Å²) in [5.74, 6) is 2.68. The molecule has 4 rings (SSSR count). The van der Waals surface area contributed by atoms with Gasteiger partial charge in [-0.3, -0.25) is 0 Å². The molecule has 0 radical (unpaired) electrons. The van der Waals surface area contributed by atoms with Crippen LogP contribution in [0.15, 0.2) is 70.3 Å². The number of benzene rings is 2. The zero-order chi connectivity index (χ0) is 18.1. The number of hydrogen-bond acceptors (Lipinski definition) is 6. The van der Waals surface area contributed by atoms with E-state index in [0.717, 1.165) is 22.6 Å². The Morgan fingerprint density at radius 3 is 2.50 bits per heavy atom. The van der Waals surface area contributed by atoms with Crippen LogP contribution in [0.4, 0.5) is 11.6 Å². The molecule has 0 fully saturated rings. The van der Waals surface area contributed by atoms with Crippen molar-refractivity contribution in [2.24, 2.45) is 10.7 Å². The quantitative estimate of drug-likeness (QED) is 0.774. The van der Waals surface area contributed by atoms with Crippen molar-refractivity contribution in [2.75, 3.05) is 19.1 Å². The number of furan rings is 1. The van der Waals surface area contributed by atoms with Crippen molar-refractivity contribution in [3.8, 4) is 11.5 Å². The lowest BCUT2D eigenvalue weighted by molar-refractivity contribution is 0.413. The molecule has 26 heavy (non-hydrogen) atoms. The molecule has 1 aliphatic heterocycles. The molecule has 1 atom stereocenters. The number of amidine groups is 1. The highest BCUT2D eigenvalue weighted by Gasteiger charge is 2.32.